The second-order valence-electron chi connectivity index (χ2n) is 7.31. The number of nitrogens with one attached hydrogen (secondary N) is 2. The Bertz CT molecular complexity index is 787. The molecule has 3 rings (SSSR count). The van der Waals surface area contributed by atoms with Crippen LogP contribution in [-0.2, 0) is 11.3 Å². The summed E-state index contributed by atoms with van der Waals surface area (Å²) >= 11 is 0. The Balaban J connectivity index is 0.00000300. The lowest BCUT2D eigenvalue weighted by molar-refractivity contribution is -0.126. The number of benzene rings is 2. The molecule has 2 N–H and O–H groups in total. The van der Waals surface area contributed by atoms with E-state index in [0.717, 1.165) is 53.9 Å². The predicted octanol–water partition coefficient (Wildman–Crippen LogP) is 4.19. The summed E-state index contributed by atoms with van der Waals surface area (Å²) in [4.78, 5) is 12.6. The molecule has 29 heavy (non-hydrogen) atoms. The summed E-state index contributed by atoms with van der Waals surface area (Å²) in [6.07, 6.45) is 4.01. The zero-order valence-corrected chi connectivity index (χ0v) is 18.2. The van der Waals surface area contributed by atoms with E-state index in [9.17, 15) is 4.79 Å². The maximum atomic E-state index is 12.6. The van der Waals surface area contributed by atoms with Crippen LogP contribution < -0.4 is 20.1 Å². The Kier molecular flexibility index (Phi) is 8.80. The fourth-order valence-corrected chi connectivity index (χ4v) is 3.85. The van der Waals surface area contributed by atoms with Gasteiger partial charge < -0.3 is 20.1 Å². The Morgan fingerprint density at radius 3 is 2.21 bits per heavy atom. The number of hydrogen-bond donors (Lipinski definition) is 2. The van der Waals surface area contributed by atoms with Crippen molar-refractivity contribution in [3.63, 3.8) is 0 Å². The Morgan fingerprint density at radius 2 is 1.62 bits per heavy atom. The van der Waals surface area contributed by atoms with Crippen LogP contribution in [0.25, 0.3) is 11.1 Å². The molecule has 6 heteroatoms. The average molecular weight is 419 g/mol. The summed E-state index contributed by atoms with van der Waals surface area (Å²) in [6.45, 7) is 0.470. The number of carbonyl (C=O) groups is 1. The summed E-state index contributed by atoms with van der Waals surface area (Å²) < 4.78 is 10.7. The largest absolute Gasteiger partial charge is 0.497 e. The van der Waals surface area contributed by atoms with Crippen LogP contribution in [-0.4, -0.2) is 33.2 Å². The van der Waals surface area contributed by atoms with Crippen molar-refractivity contribution in [2.45, 2.75) is 38.3 Å². The van der Waals surface area contributed by atoms with Crippen LogP contribution in [0.5, 0.6) is 11.5 Å². The SMILES string of the molecule is CNC1CCC(C(=O)NCc2cc(-c3ccc(OC)cc3)ccc2OC)CC1.Cl. The maximum absolute atomic E-state index is 12.6. The smallest absolute Gasteiger partial charge is 0.223 e. The molecule has 0 atom stereocenters. The standard InChI is InChI=1S/C23H30N2O3.ClH/c1-24-20-9-4-17(5-10-20)23(26)25-15-19-14-18(8-13-22(19)28-3)16-6-11-21(27-2)12-7-16;/h6-8,11-14,17,20,24H,4-5,9-10,15H2,1-3H3,(H,25,26);1H. The fourth-order valence-electron chi connectivity index (χ4n) is 3.85. The van der Waals surface area contributed by atoms with Gasteiger partial charge in [-0.2, -0.15) is 0 Å². The van der Waals surface area contributed by atoms with Gasteiger partial charge in [-0.25, -0.2) is 0 Å². The number of halogens is 1. The van der Waals surface area contributed by atoms with Gasteiger partial charge in [0, 0.05) is 24.1 Å². The lowest BCUT2D eigenvalue weighted by atomic mass is 9.85. The Labute approximate surface area is 179 Å². The number of carbonyl (C=O) groups excluding carboxylic acids is 1. The predicted molar refractivity (Wildman–Crippen MR) is 119 cm³/mol. The van der Waals surface area contributed by atoms with Crippen molar-refractivity contribution in [3.05, 3.63) is 48.0 Å². The fraction of sp³-hybridized carbons (Fsp3) is 0.435. The van der Waals surface area contributed by atoms with Gasteiger partial charge in [-0.3, -0.25) is 4.79 Å². The first-order chi connectivity index (χ1) is 13.6. The molecule has 1 fully saturated rings. The van der Waals surface area contributed by atoms with Crippen LogP contribution in [0.4, 0.5) is 0 Å². The van der Waals surface area contributed by atoms with E-state index in [4.69, 9.17) is 9.47 Å². The first-order valence-corrected chi connectivity index (χ1v) is 9.91. The first-order valence-electron chi connectivity index (χ1n) is 9.91. The molecule has 0 aliphatic heterocycles. The maximum Gasteiger partial charge on any atom is 0.223 e. The number of amides is 1. The van der Waals surface area contributed by atoms with Gasteiger partial charge in [0.15, 0.2) is 0 Å². The second kappa shape index (κ2) is 11.1. The molecular weight excluding hydrogens is 388 g/mol. The van der Waals surface area contributed by atoms with Crippen molar-refractivity contribution in [3.8, 4) is 22.6 Å². The van der Waals surface area contributed by atoms with Crippen molar-refractivity contribution >= 4 is 18.3 Å². The molecule has 0 saturated heterocycles. The van der Waals surface area contributed by atoms with E-state index >= 15 is 0 Å². The van der Waals surface area contributed by atoms with Gasteiger partial charge in [0.05, 0.1) is 14.2 Å². The van der Waals surface area contributed by atoms with E-state index in [1.54, 1.807) is 14.2 Å². The molecule has 0 spiro atoms. The van der Waals surface area contributed by atoms with Crippen molar-refractivity contribution in [1.82, 2.24) is 10.6 Å². The van der Waals surface area contributed by atoms with E-state index < -0.39 is 0 Å². The van der Waals surface area contributed by atoms with Crippen LogP contribution in [0.3, 0.4) is 0 Å². The highest BCUT2D eigenvalue weighted by Gasteiger charge is 2.25. The van der Waals surface area contributed by atoms with Gasteiger partial charge in [-0.1, -0.05) is 18.2 Å². The van der Waals surface area contributed by atoms with Crippen molar-refractivity contribution in [2.75, 3.05) is 21.3 Å². The molecule has 2 aromatic carbocycles. The highest BCUT2D eigenvalue weighted by molar-refractivity contribution is 5.85. The second-order valence-corrected chi connectivity index (χ2v) is 7.31. The van der Waals surface area contributed by atoms with E-state index in [1.807, 2.05) is 43.4 Å². The van der Waals surface area contributed by atoms with E-state index in [0.29, 0.717) is 12.6 Å². The van der Waals surface area contributed by atoms with Crippen molar-refractivity contribution < 1.29 is 14.3 Å². The normalized spacial score (nSPS) is 18.4. The van der Waals surface area contributed by atoms with Gasteiger partial charge in [0.2, 0.25) is 5.91 Å². The number of rotatable bonds is 7. The van der Waals surface area contributed by atoms with Gasteiger partial charge >= 0.3 is 0 Å². The average Bonchev–Trinajstić information content (AvgIpc) is 2.77. The van der Waals surface area contributed by atoms with E-state index in [1.165, 1.54) is 0 Å². The topological polar surface area (TPSA) is 59.6 Å². The van der Waals surface area contributed by atoms with Gasteiger partial charge in [-0.05, 0) is 68.1 Å². The van der Waals surface area contributed by atoms with Crippen molar-refractivity contribution in [1.29, 1.82) is 0 Å². The van der Waals surface area contributed by atoms with Crippen LogP contribution >= 0.6 is 12.4 Å². The molecule has 1 aliphatic rings. The zero-order chi connectivity index (χ0) is 19.9. The molecule has 0 aromatic heterocycles. The van der Waals surface area contributed by atoms with Crippen LogP contribution in [0.1, 0.15) is 31.2 Å². The van der Waals surface area contributed by atoms with Gasteiger partial charge in [0.25, 0.3) is 0 Å². The third kappa shape index (κ3) is 5.87. The minimum absolute atomic E-state index is 0. The lowest BCUT2D eigenvalue weighted by Gasteiger charge is -2.27. The van der Waals surface area contributed by atoms with Crippen LogP contribution in [0, 0.1) is 5.92 Å². The highest BCUT2D eigenvalue weighted by atomic mass is 35.5. The molecule has 1 amide bonds. The minimum atomic E-state index is 0. The Morgan fingerprint density at radius 1 is 0.966 bits per heavy atom. The molecule has 1 saturated carbocycles. The third-order valence-corrected chi connectivity index (χ3v) is 5.66. The molecule has 1 aliphatic carbocycles. The number of ether oxygens (including phenoxy) is 2. The number of methoxy groups -OCH3 is 2. The summed E-state index contributed by atoms with van der Waals surface area (Å²) in [7, 11) is 5.31. The molecule has 5 nitrogen and oxygen atoms in total. The summed E-state index contributed by atoms with van der Waals surface area (Å²) in [5.74, 6) is 1.88. The van der Waals surface area contributed by atoms with Crippen LogP contribution in [0.2, 0.25) is 0 Å². The molecule has 0 radical (unpaired) electrons. The quantitative estimate of drug-likeness (QED) is 0.707. The lowest BCUT2D eigenvalue weighted by Crippen LogP contribution is -2.37. The molecule has 0 heterocycles. The monoisotopic (exact) mass is 418 g/mol. The molecule has 2 aromatic rings. The van der Waals surface area contributed by atoms with Gasteiger partial charge in [-0.15, -0.1) is 12.4 Å². The summed E-state index contributed by atoms with van der Waals surface area (Å²) in [6, 6.07) is 14.6. The van der Waals surface area contributed by atoms with Gasteiger partial charge in [0.1, 0.15) is 11.5 Å². The first kappa shape index (κ1) is 23.0. The third-order valence-electron chi connectivity index (χ3n) is 5.66. The van der Waals surface area contributed by atoms with E-state index in [2.05, 4.69) is 16.7 Å². The zero-order valence-electron chi connectivity index (χ0n) is 17.4. The van der Waals surface area contributed by atoms with E-state index in [-0.39, 0.29) is 24.2 Å². The molecule has 0 bridgehead atoms. The minimum Gasteiger partial charge on any atom is -0.497 e. The molecule has 0 unspecified atom stereocenters. The van der Waals surface area contributed by atoms with Crippen LogP contribution in [0.15, 0.2) is 42.5 Å². The molecular formula is C23H31ClN2O3. The number of hydrogen-bond acceptors (Lipinski definition) is 4. The Hall–Kier alpha value is -2.24. The summed E-state index contributed by atoms with van der Waals surface area (Å²) in [5.41, 5.74) is 3.16. The summed E-state index contributed by atoms with van der Waals surface area (Å²) in [5, 5.41) is 6.42. The highest BCUT2D eigenvalue weighted by Crippen LogP contribution is 2.29. The molecule has 158 valence electrons. The van der Waals surface area contributed by atoms with Crippen molar-refractivity contribution in [2.24, 2.45) is 5.92 Å².